The molecule has 0 saturated heterocycles. The molecule has 2 N–H and O–H groups in total. The number of hydrogen-bond acceptors (Lipinski definition) is 5. The van der Waals surface area contributed by atoms with Crippen molar-refractivity contribution >= 4 is 11.7 Å². The van der Waals surface area contributed by atoms with Crippen LogP contribution < -0.4 is 5.32 Å². The molecule has 18 heavy (non-hydrogen) atoms. The number of carboxylic acid groups (broad SMARTS) is 1. The van der Waals surface area contributed by atoms with Gasteiger partial charge >= 0.3 is 5.97 Å². The Morgan fingerprint density at radius 1 is 1.56 bits per heavy atom. The van der Waals surface area contributed by atoms with Crippen LogP contribution in [-0.2, 0) is 4.79 Å². The van der Waals surface area contributed by atoms with Crippen molar-refractivity contribution in [2.24, 2.45) is 0 Å². The quantitative estimate of drug-likeness (QED) is 0.578. The first-order valence-corrected chi connectivity index (χ1v) is 5.14. The van der Waals surface area contributed by atoms with Crippen molar-refractivity contribution in [3.05, 3.63) is 39.9 Å². The monoisotopic (exact) mass is 249 g/mol. The fourth-order valence-electron chi connectivity index (χ4n) is 1.45. The summed E-state index contributed by atoms with van der Waals surface area (Å²) in [4.78, 5) is 20.6. The lowest BCUT2D eigenvalue weighted by atomic mass is 10.1. The van der Waals surface area contributed by atoms with Crippen LogP contribution in [0.4, 0.5) is 5.69 Å². The average molecular weight is 249 g/mol. The van der Waals surface area contributed by atoms with E-state index in [1.165, 1.54) is 18.2 Å². The summed E-state index contributed by atoms with van der Waals surface area (Å²) in [5, 5.41) is 30.9. The molecule has 7 nitrogen and oxygen atoms in total. The molecular weight excluding hydrogens is 238 g/mol. The van der Waals surface area contributed by atoms with Crippen LogP contribution in [-0.4, -0.2) is 22.5 Å². The van der Waals surface area contributed by atoms with Crippen LogP contribution in [0.2, 0.25) is 0 Å². The highest BCUT2D eigenvalue weighted by Crippen LogP contribution is 2.24. The molecule has 0 saturated carbocycles. The molecule has 0 heterocycles. The Kier molecular flexibility index (Phi) is 4.78. The number of para-hydroxylation sites is 1. The summed E-state index contributed by atoms with van der Waals surface area (Å²) >= 11 is 0. The zero-order chi connectivity index (χ0) is 13.5. The minimum atomic E-state index is -0.998. The smallest absolute Gasteiger partial charge is 0.304 e. The summed E-state index contributed by atoms with van der Waals surface area (Å²) in [5.74, 6) is -0.998. The predicted octanol–water partition coefficient (Wildman–Crippen LogP) is 1.22. The molecule has 1 rings (SSSR count). The molecule has 0 aromatic heterocycles. The van der Waals surface area contributed by atoms with E-state index in [4.69, 9.17) is 10.4 Å². The number of carboxylic acids is 1. The highest BCUT2D eigenvalue weighted by Gasteiger charge is 2.20. The fourth-order valence-corrected chi connectivity index (χ4v) is 1.45. The van der Waals surface area contributed by atoms with Crippen LogP contribution in [0.1, 0.15) is 18.0 Å². The minimum absolute atomic E-state index is 0.0691. The van der Waals surface area contributed by atoms with Crippen molar-refractivity contribution in [3.8, 4) is 6.07 Å². The molecule has 0 bridgehead atoms. The van der Waals surface area contributed by atoms with E-state index in [-0.39, 0.29) is 24.2 Å². The number of nitrogens with zero attached hydrogens (tertiary/aromatic N) is 2. The highest BCUT2D eigenvalue weighted by molar-refractivity contribution is 5.66. The largest absolute Gasteiger partial charge is 0.481 e. The maximum atomic E-state index is 10.8. The number of nitrogens with one attached hydrogen (secondary N) is 1. The van der Waals surface area contributed by atoms with Gasteiger partial charge in [-0.05, 0) is 6.07 Å². The SMILES string of the molecule is N#CC(NCCC(=O)O)c1ccccc1[N+](=O)[O-]. The van der Waals surface area contributed by atoms with Crippen LogP contribution in [0.15, 0.2) is 24.3 Å². The Balaban J connectivity index is 2.86. The van der Waals surface area contributed by atoms with Crippen molar-refractivity contribution in [3.63, 3.8) is 0 Å². The van der Waals surface area contributed by atoms with Gasteiger partial charge in [0.25, 0.3) is 5.69 Å². The Labute approximate surface area is 103 Å². The lowest BCUT2D eigenvalue weighted by Crippen LogP contribution is -2.23. The van der Waals surface area contributed by atoms with Crippen LogP contribution in [0.3, 0.4) is 0 Å². The van der Waals surface area contributed by atoms with Gasteiger partial charge in [-0.3, -0.25) is 20.2 Å². The molecule has 1 unspecified atom stereocenters. The van der Waals surface area contributed by atoms with Crippen LogP contribution >= 0.6 is 0 Å². The van der Waals surface area contributed by atoms with E-state index in [0.29, 0.717) is 0 Å². The number of nitriles is 1. The van der Waals surface area contributed by atoms with E-state index >= 15 is 0 Å². The number of nitro benzene ring substituents is 1. The molecular formula is C11H11N3O4. The average Bonchev–Trinajstić information content (AvgIpc) is 2.34. The third-order valence-corrected chi connectivity index (χ3v) is 2.26. The number of carbonyl (C=O) groups is 1. The standard InChI is InChI=1S/C11H11N3O4/c12-7-9(13-6-5-11(15)16)8-3-1-2-4-10(8)14(17)18/h1-4,9,13H,5-6H2,(H,15,16). The summed E-state index contributed by atoms with van der Waals surface area (Å²) in [5.41, 5.74) is 0.0715. The van der Waals surface area contributed by atoms with Crippen LogP contribution in [0.25, 0.3) is 0 Å². The molecule has 0 aliphatic heterocycles. The molecule has 1 atom stereocenters. The lowest BCUT2D eigenvalue weighted by molar-refractivity contribution is -0.385. The number of hydrogen-bond donors (Lipinski definition) is 2. The predicted molar refractivity (Wildman–Crippen MR) is 61.7 cm³/mol. The van der Waals surface area contributed by atoms with Gasteiger partial charge in [0, 0.05) is 12.6 Å². The van der Waals surface area contributed by atoms with Crippen LogP contribution in [0.5, 0.6) is 0 Å². The van der Waals surface area contributed by atoms with Crippen molar-refractivity contribution in [2.45, 2.75) is 12.5 Å². The zero-order valence-electron chi connectivity index (χ0n) is 9.37. The first-order chi connectivity index (χ1) is 8.56. The molecule has 0 aliphatic rings. The van der Waals surface area contributed by atoms with Gasteiger partial charge in [0.15, 0.2) is 0 Å². The van der Waals surface area contributed by atoms with E-state index in [1.54, 1.807) is 6.07 Å². The second-order valence-electron chi connectivity index (χ2n) is 3.48. The van der Waals surface area contributed by atoms with Gasteiger partial charge in [-0.2, -0.15) is 5.26 Å². The summed E-state index contributed by atoms with van der Waals surface area (Å²) in [6.45, 7) is 0.0691. The second-order valence-corrected chi connectivity index (χ2v) is 3.48. The van der Waals surface area contributed by atoms with Gasteiger partial charge in [0.05, 0.1) is 23.0 Å². The molecule has 1 aromatic carbocycles. The summed E-state index contributed by atoms with van der Waals surface area (Å²) in [7, 11) is 0. The number of aliphatic carboxylic acids is 1. The normalized spacial score (nSPS) is 11.5. The lowest BCUT2D eigenvalue weighted by Gasteiger charge is -2.10. The van der Waals surface area contributed by atoms with E-state index in [9.17, 15) is 14.9 Å². The topological polar surface area (TPSA) is 116 Å². The van der Waals surface area contributed by atoms with Crippen molar-refractivity contribution in [2.75, 3.05) is 6.54 Å². The maximum absolute atomic E-state index is 10.8. The molecule has 0 amide bonds. The van der Waals surface area contributed by atoms with Gasteiger partial charge in [0.2, 0.25) is 0 Å². The summed E-state index contributed by atoms with van der Waals surface area (Å²) in [6, 6.07) is 6.85. The summed E-state index contributed by atoms with van der Waals surface area (Å²) in [6.07, 6.45) is -0.154. The van der Waals surface area contributed by atoms with Crippen molar-refractivity contribution in [1.82, 2.24) is 5.32 Å². The molecule has 0 aliphatic carbocycles. The van der Waals surface area contributed by atoms with Crippen molar-refractivity contribution in [1.29, 1.82) is 5.26 Å². The number of rotatable bonds is 6. The summed E-state index contributed by atoms with van der Waals surface area (Å²) < 4.78 is 0. The Hall–Kier alpha value is -2.46. The third-order valence-electron chi connectivity index (χ3n) is 2.26. The number of nitro groups is 1. The van der Waals surface area contributed by atoms with E-state index < -0.39 is 16.9 Å². The van der Waals surface area contributed by atoms with E-state index in [2.05, 4.69) is 5.32 Å². The second kappa shape index (κ2) is 6.32. The molecule has 1 aromatic rings. The Morgan fingerprint density at radius 3 is 2.78 bits per heavy atom. The molecule has 0 fully saturated rings. The Morgan fingerprint density at radius 2 is 2.22 bits per heavy atom. The van der Waals surface area contributed by atoms with Crippen molar-refractivity contribution < 1.29 is 14.8 Å². The van der Waals surface area contributed by atoms with E-state index in [0.717, 1.165) is 0 Å². The fraction of sp³-hybridized carbons (Fsp3) is 0.273. The molecule has 7 heteroatoms. The third kappa shape index (κ3) is 3.54. The highest BCUT2D eigenvalue weighted by atomic mass is 16.6. The van der Waals surface area contributed by atoms with Gasteiger partial charge < -0.3 is 5.11 Å². The van der Waals surface area contributed by atoms with E-state index in [1.807, 2.05) is 6.07 Å². The first kappa shape index (κ1) is 13.6. The zero-order valence-corrected chi connectivity index (χ0v) is 9.37. The van der Waals surface area contributed by atoms with Gasteiger partial charge in [-0.1, -0.05) is 12.1 Å². The van der Waals surface area contributed by atoms with Gasteiger partial charge in [-0.25, -0.2) is 0 Å². The molecule has 94 valence electrons. The Bertz CT molecular complexity index is 495. The van der Waals surface area contributed by atoms with Gasteiger partial charge in [0.1, 0.15) is 6.04 Å². The minimum Gasteiger partial charge on any atom is -0.481 e. The molecule has 0 spiro atoms. The first-order valence-electron chi connectivity index (χ1n) is 5.14. The van der Waals surface area contributed by atoms with Gasteiger partial charge in [-0.15, -0.1) is 0 Å². The van der Waals surface area contributed by atoms with Crippen LogP contribution in [0, 0.1) is 21.4 Å². The maximum Gasteiger partial charge on any atom is 0.304 e. The number of benzene rings is 1. The molecule has 0 radical (unpaired) electrons.